The zero-order valence-corrected chi connectivity index (χ0v) is 19.9. The summed E-state index contributed by atoms with van der Waals surface area (Å²) < 4.78 is 5.26. The third-order valence-electron chi connectivity index (χ3n) is 5.10. The fraction of sp³-hybridized carbons (Fsp3) is 0.115. The average Bonchev–Trinajstić information content (AvgIpc) is 2.89. The molecule has 5 N–H and O–H groups in total. The van der Waals surface area contributed by atoms with Crippen molar-refractivity contribution in [3.8, 4) is 16.9 Å². The standard InChI is InChI=1S/C26H25N7O4/c1-37-21-14-8-7-13-20(21)29-26(36)33-25-31-23(27-16-15-22(34)35)30-24(32-25)28-19-12-6-5-11-18(19)17-9-3-2-4-10-17/h2-14H,15-16H2,1H3,(H,34,35)(H4,27,28,29,30,31,32,33,36). The Morgan fingerprint density at radius 1 is 0.784 bits per heavy atom. The lowest BCUT2D eigenvalue weighted by Crippen LogP contribution is -2.22. The topological polar surface area (TPSA) is 150 Å². The van der Waals surface area contributed by atoms with Gasteiger partial charge in [0.05, 0.1) is 19.2 Å². The number of carboxylic acids is 1. The summed E-state index contributed by atoms with van der Waals surface area (Å²) in [7, 11) is 1.50. The number of methoxy groups -OCH3 is 1. The number of urea groups is 1. The van der Waals surface area contributed by atoms with Crippen LogP contribution in [0.2, 0.25) is 0 Å². The Morgan fingerprint density at radius 3 is 2.19 bits per heavy atom. The first kappa shape index (κ1) is 24.9. The summed E-state index contributed by atoms with van der Waals surface area (Å²) in [5, 5.41) is 20.3. The van der Waals surface area contributed by atoms with Crippen molar-refractivity contribution in [3.05, 3.63) is 78.9 Å². The summed E-state index contributed by atoms with van der Waals surface area (Å²) in [6.07, 6.45) is -0.137. The molecule has 4 aromatic rings. The molecule has 37 heavy (non-hydrogen) atoms. The van der Waals surface area contributed by atoms with Crippen LogP contribution in [0, 0.1) is 0 Å². The number of amides is 2. The van der Waals surface area contributed by atoms with Gasteiger partial charge in [-0.05, 0) is 23.8 Å². The minimum atomic E-state index is -0.966. The molecule has 0 aliphatic heterocycles. The fourth-order valence-corrected chi connectivity index (χ4v) is 3.43. The van der Waals surface area contributed by atoms with Crippen molar-refractivity contribution < 1.29 is 19.4 Å². The molecule has 0 fully saturated rings. The molecule has 0 atom stereocenters. The van der Waals surface area contributed by atoms with Gasteiger partial charge in [0.25, 0.3) is 0 Å². The molecule has 0 bridgehead atoms. The SMILES string of the molecule is COc1ccccc1NC(=O)Nc1nc(NCCC(=O)O)nc(Nc2ccccc2-c2ccccc2)n1. The molecule has 0 saturated carbocycles. The molecule has 1 aromatic heterocycles. The minimum absolute atomic E-state index is 0.0417. The number of carboxylic acid groups (broad SMARTS) is 1. The molecule has 188 valence electrons. The van der Waals surface area contributed by atoms with E-state index in [1.807, 2.05) is 54.6 Å². The van der Waals surface area contributed by atoms with Gasteiger partial charge in [-0.25, -0.2) is 4.79 Å². The molecule has 11 nitrogen and oxygen atoms in total. The largest absolute Gasteiger partial charge is 0.495 e. The molecule has 0 spiro atoms. The number of para-hydroxylation sites is 3. The van der Waals surface area contributed by atoms with Crippen LogP contribution >= 0.6 is 0 Å². The van der Waals surface area contributed by atoms with Gasteiger partial charge >= 0.3 is 12.0 Å². The maximum absolute atomic E-state index is 12.7. The number of carbonyl (C=O) groups excluding carboxylic acids is 1. The van der Waals surface area contributed by atoms with Gasteiger partial charge in [-0.3, -0.25) is 10.1 Å². The minimum Gasteiger partial charge on any atom is -0.495 e. The molecular weight excluding hydrogens is 474 g/mol. The second kappa shape index (κ2) is 12.0. The number of rotatable bonds is 10. The number of carbonyl (C=O) groups is 2. The van der Waals surface area contributed by atoms with E-state index in [0.29, 0.717) is 11.4 Å². The van der Waals surface area contributed by atoms with Gasteiger partial charge in [-0.1, -0.05) is 60.7 Å². The predicted molar refractivity (Wildman–Crippen MR) is 141 cm³/mol. The van der Waals surface area contributed by atoms with Crippen LogP contribution < -0.4 is 26.0 Å². The number of nitrogens with zero attached hydrogens (tertiary/aromatic N) is 3. The van der Waals surface area contributed by atoms with Gasteiger partial charge in [-0.15, -0.1) is 0 Å². The van der Waals surface area contributed by atoms with Crippen LogP contribution in [0.5, 0.6) is 5.75 Å². The zero-order valence-electron chi connectivity index (χ0n) is 19.9. The number of aromatic nitrogens is 3. The van der Waals surface area contributed by atoms with Gasteiger partial charge in [0, 0.05) is 17.8 Å². The predicted octanol–water partition coefficient (Wildman–Crippen LogP) is 4.82. The molecule has 0 radical (unpaired) electrons. The number of nitrogens with one attached hydrogen (secondary N) is 4. The van der Waals surface area contributed by atoms with Crippen LogP contribution in [0.4, 0.5) is 34.0 Å². The molecule has 2 amide bonds. The van der Waals surface area contributed by atoms with Crippen LogP contribution in [0.3, 0.4) is 0 Å². The van der Waals surface area contributed by atoms with E-state index in [1.165, 1.54) is 7.11 Å². The van der Waals surface area contributed by atoms with Gasteiger partial charge in [0.2, 0.25) is 17.8 Å². The van der Waals surface area contributed by atoms with Gasteiger partial charge in [-0.2, -0.15) is 15.0 Å². The fourth-order valence-electron chi connectivity index (χ4n) is 3.43. The van der Waals surface area contributed by atoms with Crippen LogP contribution in [0.1, 0.15) is 6.42 Å². The monoisotopic (exact) mass is 499 g/mol. The molecule has 1 heterocycles. The van der Waals surface area contributed by atoms with Crippen molar-refractivity contribution >= 4 is 41.2 Å². The smallest absolute Gasteiger partial charge is 0.326 e. The molecule has 0 unspecified atom stereocenters. The van der Waals surface area contributed by atoms with Gasteiger partial charge < -0.3 is 25.8 Å². The zero-order chi connectivity index (χ0) is 26.0. The first-order valence-corrected chi connectivity index (χ1v) is 11.4. The van der Waals surface area contributed by atoms with Crippen molar-refractivity contribution in [2.24, 2.45) is 0 Å². The Bertz CT molecular complexity index is 1380. The third-order valence-corrected chi connectivity index (χ3v) is 5.10. The Morgan fingerprint density at radius 2 is 1.43 bits per heavy atom. The molecule has 4 rings (SSSR count). The first-order chi connectivity index (χ1) is 18.0. The second-order valence-corrected chi connectivity index (χ2v) is 7.69. The third kappa shape index (κ3) is 6.92. The summed E-state index contributed by atoms with van der Waals surface area (Å²) in [6.45, 7) is 0.0895. The summed E-state index contributed by atoms with van der Waals surface area (Å²) in [4.78, 5) is 36.5. The number of hydrogen-bond acceptors (Lipinski definition) is 8. The molecular formula is C26H25N7O4. The molecule has 3 aromatic carbocycles. The van der Waals surface area contributed by atoms with E-state index in [4.69, 9.17) is 9.84 Å². The van der Waals surface area contributed by atoms with Crippen molar-refractivity contribution in [2.75, 3.05) is 34.9 Å². The van der Waals surface area contributed by atoms with E-state index in [-0.39, 0.29) is 30.8 Å². The van der Waals surface area contributed by atoms with E-state index >= 15 is 0 Å². The van der Waals surface area contributed by atoms with Crippen LogP contribution in [0.15, 0.2) is 78.9 Å². The van der Waals surface area contributed by atoms with Crippen LogP contribution in [-0.4, -0.2) is 45.7 Å². The highest BCUT2D eigenvalue weighted by Crippen LogP contribution is 2.29. The van der Waals surface area contributed by atoms with Crippen LogP contribution in [-0.2, 0) is 4.79 Å². The first-order valence-electron chi connectivity index (χ1n) is 11.4. The Labute approximate surface area is 213 Å². The highest BCUT2D eigenvalue weighted by Gasteiger charge is 2.13. The lowest BCUT2D eigenvalue weighted by atomic mass is 10.0. The lowest BCUT2D eigenvalue weighted by Gasteiger charge is -2.14. The second-order valence-electron chi connectivity index (χ2n) is 7.69. The molecule has 11 heteroatoms. The van der Waals surface area contributed by atoms with Gasteiger partial charge in [0.15, 0.2) is 0 Å². The number of ether oxygens (including phenoxy) is 1. The van der Waals surface area contributed by atoms with Crippen molar-refractivity contribution in [2.45, 2.75) is 6.42 Å². The lowest BCUT2D eigenvalue weighted by molar-refractivity contribution is -0.136. The normalized spacial score (nSPS) is 10.3. The Hall–Kier alpha value is -5.19. The summed E-state index contributed by atoms with van der Waals surface area (Å²) in [5.74, 6) is -0.261. The summed E-state index contributed by atoms with van der Waals surface area (Å²) in [5.41, 5.74) is 3.12. The molecule has 0 aliphatic carbocycles. The van der Waals surface area contributed by atoms with Gasteiger partial charge in [0.1, 0.15) is 5.75 Å². The Balaban J connectivity index is 1.59. The van der Waals surface area contributed by atoms with E-state index in [9.17, 15) is 9.59 Å². The molecule has 0 saturated heterocycles. The maximum atomic E-state index is 12.7. The molecule has 0 aliphatic rings. The highest BCUT2D eigenvalue weighted by atomic mass is 16.5. The number of anilines is 5. The van der Waals surface area contributed by atoms with E-state index in [2.05, 4.69) is 36.2 Å². The van der Waals surface area contributed by atoms with Crippen LogP contribution in [0.25, 0.3) is 11.1 Å². The summed E-state index contributed by atoms with van der Waals surface area (Å²) in [6, 6.07) is 23.8. The number of benzene rings is 3. The number of aliphatic carboxylic acids is 1. The maximum Gasteiger partial charge on any atom is 0.326 e. The highest BCUT2D eigenvalue weighted by molar-refractivity contribution is 5.99. The van der Waals surface area contributed by atoms with Crippen molar-refractivity contribution in [1.82, 2.24) is 15.0 Å². The van der Waals surface area contributed by atoms with E-state index in [0.717, 1.165) is 16.8 Å². The van der Waals surface area contributed by atoms with E-state index < -0.39 is 12.0 Å². The quantitative estimate of drug-likeness (QED) is 0.207. The Kier molecular flexibility index (Phi) is 8.07. The van der Waals surface area contributed by atoms with E-state index in [1.54, 1.807) is 24.3 Å². The number of hydrogen-bond donors (Lipinski definition) is 5. The summed E-state index contributed by atoms with van der Waals surface area (Å²) >= 11 is 0. The average molecular weight is 500 g/mol. The van der Waals surface area contributed by atoms with Crippen molar-refractivity contribution in [1.29, 1.82) is 0 Å². The van der Waals surface area contributed by atoms with Crippen molar-refractivity contribution in [3.63, 3.8) is 0 Å².